The molecule has 0 aliphatic heterocycles. The highest BCUT2D eigenvalue weighted by Gasteiger charge is 2.33. The predicted molar refractivity (Wildman–Crippen MR) is 124 cm³/mol. The zero-order chi connectivity index (χ0) is 20.6. The van der Waals surface area contributed by atoms with E-state index in [1.165, 1.54) is 11.3 Å². The first-order chi connectivity index (χ1) is 13.5. The normalized spacial score (nSPS) is 13.5. The molecular formula is C21H33N3O2S2. The molecule has 0 saturated heterocycles. The molecule has 2 rings (SSSR count). The molecule has 5 nitrogen and oxygen atoms in total. The summed E-state index contributed by atoms with van der Waals surface area (Å²) in [7, 11) is 0. The molecule has 1 heterocycles. The van der Waals surface area contributed by atoms with Gasteiger partial charge in [0.05, 0.1) is 22.4 Å². The van der Waals surface area contributed by atoms with Crippen LogP contribution in [0.1, 0.15) is 59.8 Å². The van der Waals surface area contributed by atoms with E-state index in [1.807, 2.05) is 32.0 Å². The van der Waals surface area contributed by atoms with Crippen LogP contribution >= 0.6 is 23.6 Å². The fourth-order valence-electron chi connectivity index (χ4n) is 3.53. The van der Waals surface area contributed by atoms with Gasteiger partial charge < -0.3 is 20.5 Å². The van der Waals surface area contributed by atoms with Crippen LogP contribution in [0.4, 0.5) is 5.13 Å². The maximum Gasteiger partial charge on any atom is 0.190 e. The second kappa shape index (κ2) is 10.9. The van der Waals surface area contributed by atoms with Gasteiger partial charge >= 0.3 is 0 Å². The van der Waals surface area contributed by atoms with Crippen LogP contribution in [0.5, 0.6) is 5.75 Å². The maximum absolute atomic E-state index is 11.2. The summed E-state index contributed by atoms with van der Waals surface area (Å²) in [5.41, 5.74) is 0.160. The number of hydrogen-bond donors (Lipinski definition) is 3. The largest absolute Gasteiger partial charge is 0.494 e. The Morgan fingerprint density at radius 1 is 1.25 bits per heavy atom. The second-order valence-electron chi connectivity index (χ2n) is 7.12. The summed E-state index contributed by atoms with van der Waals surface area (Å²) >= 11 is 6.98. The van der Waals surface area contributed by atoms with Crippen molar-refractivity contribution in [2.75, 3.05) is 18.5 Å². The minimum absolute atomic E-state index is 0.280. The number of aliphatic hydroxyl groups is 1. The van der Waals surface area contributed by atoms with Crippen LogP contribution in [0.15, 0.2) is 18.2 Å². The van der Waals surface area contributed by atoms with Crippen molar-refractivity contribution < 1.29 is 9.84 Å². The van der Waals surface area contributed by atoms with Gasteiger partial charge in [-0.25, -0.2) is 4.98 Å². The number of thiocarbonyl (C=S) groups is 1. The van der Waals surface area contributed by atoms with Crippen molar-refractivity contribution >= 4 is 44.0 Å². The Morgan fingerprint density at radius 2 is 1.96 bits per heavy atom. The number of nitrogens with zero attached hydrogens (tertiary/aromatic N) is 1. The quantitative estimate of drug-likeness (QED) is 0.424. The van der Waals surface area contributed by atoms with Gasteiger partial charge in [0.15, 0.2) is 10.2 Å². The summed E-state index contributed by atoms with van der Waals surface area (Å²) < 4.78 is 6.60. The number of fused-ring (bicyclic) bond motifs is 1. The molecule has 0 aliphatic carbocycles. The molecule has 0 amide bonds. The molecule has 0 radical (unpaired) electrons. The molecule has 7 heteroatoms. The third kappa shape index (κ3) is 6.03. The first-order valence-electron chi connectivity index (χ1n) is 10.3. The molecule has 0 aliphatic rings. The van der Waals surface area contributed by atoms with Crippen molar-refractivity contribution in [1.82, 2.24) is 10.3 Å². The van der Waals surface area contributed by atoms with E-state index < -0.39 is 5.60 Å². The third-order valence-corrected chi connectivity index (χ3v) is 6.27. The van der Waals surface area contributed by atoms with E-state index in [9.17, 15) is 5.11 Å². The number of thiazole rings is 1. The summed E-state index contributed by atoms with van der Waals surface area (Å²) in [5.74, 6) is 1.12. The molecule has 28 heavy (non-hydrogen) atoms. The highest BCUT2D eigenvalue weighted by atomic mass is 32.1. The summed E-state index contributed by atoms with van der Waals surface area (Å²) in [5, 5.41) is 18.8. The number of aromatic nitrogens is 1. The van der Waals surface area contributed by atoms with E-state index in [1.54, 1.807) is 0 Å². The Bertz CT molecular complexity index is 759. The van der Waals surface area contributed by atoms with Gasteiger partial charge in [-0.05, 0) is 62.5 Å². The van der Waals surface area contributed by atoms with Crippen LogP contribution in [0.2, 0.25) is 0 Å². The van der Waals surface area contributed by atoms with Crippen molar-refractivity contribution in [3.05, 3.63) is 18.2 Å². The van der Waals surface area contributed by atoms with Crippen molar-refractivity contribution in [1.29, 1.82) is 0 Å². The molecular weight excluding hydrogens is 390 g/mol. The average Bonchev–Trinajstić information content (AvgIpc) is 3.07. The van der Waals surface area contributed by atoms with Gasteiger partial charge in [-0.1, -0.05) is 44.9 Å². The molecule has 1 unspecified atom stereocenters. The highest BCUT2D eigenvalue weighted by Crippen LogP contribution is 2.31. The van der Waals surface area contributed by atoms with Crippen LogP contribution in [-0.2, 0) is 0 Å². The van der Waals surface area contributed by atoms with Crippen LogP contribution in [-0.4, -0.2) is 34.0 Å². The smallest absolute Gasteiger partial charge is 0.190 e. The third-order valence-electron chi connectivity index (χ3n) is 5.09. The first-order valence-corrected chi connectivity index (χ1v) is 11.5. The van der Waals surface area contributed by atoms with Gasteiger partial charge in [0.2, 0.25) is 0 Å². The topological polar surface area (TPSA) is 66.4 Å². The SMILES string of the molecule is CCCC(CCC)C(O)(CC)CNC(=S)Nc1nc2ccc(OCC)cc2s1. The minimum atomic E-state index is -0.752. The number of anilines is 1. The summed E-state index contributed by atoms with van der Waals surface area (Å²) in [6.45, 7) is 9.43. The van der Waals surface area contributed by atoms with Crippen molar-refractivity contribution in [3.8, 4) is 5.75 Å². The van der Waals surface area contributed by atoms with Crippen LogP contribution in [0.3, 0.4) is 0 Å². The van der Waals surface area contributed by atoms with Crippen molar-refractivity contribution in [3.63, 3.8) is 0 Å². The monoisotopic (exact) mass is 423 g/mol. The van der Waals surface area contributed by atoms with Gasteiger partial charge in [0.25, 0.3) is 0 Å². The van der Waals surface area contributed by atoms with Gasteiger partial charge in [-0.3, -0.25) is 0 Å². The average molecular weight is 424 g/mol. The Kier molecular flexibility index (Phi) is 8.92. The zero-order valence-corrected chi connectivity index (χ0v) is 19.0. The van der Waals surface area contributed by atoms with E-state index in [4.69, 9.17) is 17.0 Å². The van der Waals surface area contributed by atoms with Crippen LogP contribution in [0, 0.1) is 5.92 Å². The number of hydrogen-bond acceptors (Lipinski definition) is 5. The molecule has 156 valence electrons. The summed E-state index contributed by atoms with van der Waals surface area (Å²) in [6.07, 6.45) is 4.91. The molecule has 3 N–H and O–H groups in total. The molecule has 1 aromatic heterocycles. The molecule has 2 aromatic rings. The molecule has 0 saturated carbocycles. The zero-order valence-electron chi connectivity index (χ0n) is 17.4. The minimum Gasteiger partial charge on any atom is -0.494 e. The lowest BCUT2D eigenvalue weighted by atomic mass is 9.79. The van der Waals surface area contributed by atoms with Gasteiger partial charge in [0, 0.05) is 6.54 Å². The number of rotatable bonds is 11. The van der Waals surface area contributed by atoms with E-state index in [2.05, 4.69) is 29.5 Å². The van der Waals surface area contributed by atoms with Gasteiger partial charge in [0.1, 0.15) is 5.75 Å². The fourth-order valence-corrected chi connectivity index (χ4v) is 4.66. The maximum atomic E-state index is 11.2. The Labute approximate surface area is 177 Å². The Morgan fingerprint density at radius 3 is 2.57 bits per heavy atom. The van der Waals surface area contributed by atoms with E-state index in [0.717, 1.165) is 46.8 Å². The van der Waals surface area contributed by atoms with Crippen molar-refractivity contribution in [2.45, 2.75) is 65.4 Å². The van der Waals surface area contributed by atoms with Crippen LogP contribution < -0.4 is 15.4 Å². The summed E-state index contributed by atoms with van der Waals surface area (Å²) in [6, 6.07) is 5.87. The lowest BCUT2D eigenvalue weighted by molar-refractivity contribution is -0.0248. The molecule has 0 spiro atoms. The molecule has 0 fully saturated rings. The first kappa shape index (κ1) is 22.8. The molecule has 1 aromatic carbocycles. The second-order valence-corrected chi connectivity index (χ2v) is 8.56. The number of ether oxygens (including phenoxy) is 1. The Balaban J connectivity index is 1.99. The van der Waals surface area contributed by atoms with E-state index >= 15 is 0 Å². The highest BCUT2D eigenvalue weighted by molar-refractivity contribution is 7.80. The Hall–Kier alpha value is -1.44. The summed E-state index contributed by atoms with van der Waals surface area (Å²) in [4.78, 5) is 4.57. The fraction of sp³-hybridized carbons (Fsp3) is 0.619. The lowest BCUT2D eigenvalue weighted by Gasteiger charge is -2.36. The van der Waals surface area contributed by atoms with E-state index in [0.29, 0.717) is 24.7 Å². The van der Waals surface area contributed by atoms with Crippen molar-refractivity contribution in [2.24, 2.45) is 5.92 Å². The number of nitrogens with one attached hydrogen (secondary N) is 2. The van der Waals surface area contributed by atoms with Crippen LogP contribution in [0.25, 0.3) is 10.2 Å². The standard InChI is InChI=1S/C21H33N3O2S2/c1-5-9-15(10-6-2)21(25,7-3)14-22-19(27)24-20-23-17-12-11-16(26-8-4)13-18(17)28-20/h11-13,15,25H,5-10,14H2,1-4H3,(H2,22,23,24,27). The van der Waals surface area contributed by atoms with Gasteiger partial charge in [-0.2, -0.15) is 0 Å². The molecule has 1 atom stereocenters. The predicted octanol–water partition coefficient (Wildman–Crippen LogP) is 5.34. The lowest BCUT2D eigenvalue weighted by Crippen LogP contribution is -2.48. The number of benzene rings is 1. The molecule has 0 bridgehead atoms. The van der Waals surface area contributed by atoms with Gasteiger partial charge in [-0.15, -0.1) is 0 Å². The van der Waals surface area contributed by atoms with E-state index in [-0.39, 0.29) is 5.92 Å².